The summed E-state index contributed by atoms with van der Waals surface area (Å²) in [5.41, 5.74) is 8.44. The molecular formula is C34H23FN2O. The van der Waals surface area contributed by atoms with Gasteiger partial charge in [0.2, 0.25) is 5.89 Å². The van der Waals surface area contributed by atoms with Crippen LogP contribution in [0.25, 0.3) is 50.5 Å². The second kappa shape index (κ2) is 8.56. The molecule has 2 heterocycles. The van der Waals surface area contributed by atoms with Crippen LogP contribution in [0.1, 0.15) is 22.3 Å². The van der Waals surface area contributed by atoms with Gasteiger partial charge in [-0.25, -0.2) is 13.9 Å². The molecule has 7 rings (SSSR count). The summed E-state index contributed by atoms with van der Waals surface area (Å²) in [6.45, 7) is 6.38. The van der Waals surface area contributed by atoms with E-state index < -0.39 is 0 Å². The van der Waals surface area contributed by atoms with Gasteiger partial charge in [-0.1, -0.05) is 85.8 Å². The standard InChI is InChI=1S/C34H23FN2O/c1-21-28(32-27-17-16-26-24(14-9-15-30(26)35)25(27)18-19-37(32)2)20-29(22-10-5-3-6-11-22)31-33(21)38-34(36-31)23-12-7-4-8-13-23/h3-20H,2H2,1H3. The van der Waals surface area contributed by atoms with Gasteiger partial charge in [0.05, 0.1) is 6.72 Å². The first kappa shape index (κ1) is 22.3. The van der Waals surface area contributed by atoms with Crippen molar-refractivity contribution in [1.29, 1.82) is 0 Å². The van der Waals surface area contributed by atoms with Crippen LogP contribution in [0.2, 0.25) is 0 Å². The molecule has 1 aromatic heterocycles. The molecule has 0 aliphatic carbocycles. The van der Waals surface area contributed by atoms with Crippen LogP contribution in [0.5, 0.6) is 0 Å². The van der Waals surface area contributed by atoms with Crippen LogP contribution >= 0.6 is 0 Å². The smallest absolute Gasteiger partial charge is 0.226 e. The van der Waals surface area contributed by atoms with Crippen LogP contribution in [-0.4, -0.2) is 16.3 Å². The number of benzene rings is 5. The SMILES string of the molecule is C=[N+]1C=Cc2c(ccc3c(F)cccc23)[C-]1c1cc(-c2ccccc2)c2nc(-c3ccccc3)oc2c1C. The largest absolute Gasteiger partial charge is 0.442 e. The summed E-state index contributed by atoms with van der Waals surface area (Å²) < 4.78 is 22.9. The van der Waals surface area contributed by atoms with Crippen molar-refractivity contribution < 1.29 is 13.4 Å². The summed E-state index contributed by atoms with van der Waals surface area (Å²) in [5, 5.41) is 1.48. The van der Waals surface area contributed by atoms with Crippen LogP contribution in [0, 0.1) is 18.8 Å². The van der Waals surface area contributed by atoms with Crippen molar-refractivity contribution in [2.75, 3.05) is 0 Å². The number of oxazole rings is 1. The van der Waals surface area contributed by atoms with Crippen LogP contribution < -0.4 is 0 Å². The zero-order chi connectivity index (χ0) is 25.8. The fraction of sp³-hybridized carbons (Fsp3) is 0.0294. The number of aromatic nitrogens is 1. The van der Waals surface area contributed by atoms with E-state index in [2.05, 4.69) is 31.8 Å². The first-order valence-corrected chi connectivity index (χ1v) is 12.5. The molecule has 6 aromatic rings. The van der Waals surface area contributed by atoms with Gasteiger partial charge in [0.1, 0.15) is 23.1 Å². The van der Waals surface area contributed by atoms with E-state index in [0.29, 0.717) is 11.3 Å². The molecule has 0 amide bonds. The number of rotatable bonds is 3. The van der Waals surface area contributed by atoms with E-state index in [4.69, 9.17) is 9.40 Å². The average Bonchev–Trinajstić information content (AvgIpc) is 3.41. The molecule has 0 spiro atoms. The van der Waals surface area contributed by atoms with E-state index in [1.54, 1.807) is 6.07 Å². The lowest BCUT2D eigenvalue weighted by molar-refractivity contribution is -0.418. The normalized spacial score (nSPS) is 12.9. The summed E-state index contributed by atoms with van der Waals surface area (Å²) >= 11 is 0. The predicted octanol–water partition coefficient (Wildman–Crippen LogP) is 8.39. The van der Waals surface area contributed by atoms with E-state index in [-0.39, 0.29) is 5.82 Å². The minimum atomic E-state index is -0.226. The highest BCUT2D eigenvalue weighted by atomic mass is 19.1. The number of fused-ring (bicyclic) bond motifs is 4. The Morgan fingerprint density at radius 3 is 2.32 bits per heavy atom. The van der Waals surface area contributed by atoms with Gasteiger partial charge < -0.3 is 4.42 Å². The maximum atomic E-state index is 14.6. The van der Waals surface area contributed by atoms with Crippen molar-refractivity contribution in [2.45, 2.75) is 6.92 Å². The van der Waals surface area contributed by atoms with Gasteiger partial charge in [-0.3, -0.25) is 0 Å². The second-order valence-corrected chi connectivity index (χ2v) is 9.52. The van der Waals surface area contributed by atoms with Crippen molar-refractivity contribution in [3.8, 4) is 22.6 Å². The number of nitrogens with zero attached hydrogens (tertiary/aromatic N) is 2. The topological polar surface area (TPSA) is 29.0 Å². The first-order valence-electron chi connectivity index (χ1n) is 12.5. The highest BCUT2D eigenvalue weighted by Gasteiger charge is 2.29. The van der Waals surface area contributed by atoms with Gasteiger partial charge in [-0.2, -0.15) is 0 Å². The molecule has 0 fully saturated rings. The molecule has 0 bridgehead atoms. The van der Waals surface area contributed by atoms with Gasteiger partial charge in [0.25, 0.3) is 0 Å². The zero-order valence-corrected chi connectivity index (χ0v) is 20.8. The Morgan fingerprint density at radius 2 is 1.55 bits per heavy atom. The van der Waals surface area contributed by atoms with Crippen LogP contribution in [-0.2, 0) is 0 Å². The van der Waals surface area contributed by atoms with Crippen LogP contribution in [0.4, 0.5) is 4.39 Å². The van der Waals surface area contributed by atoms with Crippen molar-refractivity contribution in [3.05, 3.63) is 137 Å². The minimum absolute atomic E-state index is 0.226. The molecule has 5 aromatic carbocycles. The summed E-state index contributed by atoms with van der Waals surface area (Å²) in [6, 6.07) is 32.3. The third-order valence-corrected chi connectivity index (χ3v) is 7.29. The summed E-state index contributed by atoms with van der Waals surface area (Å²) in [6.07, 6.45) is 3.94. The lowest BCUT2D eigenvalue weighted by atomic mass is 9.85. The Bertz CT molecular complexity index is 1900. The van der Waals surface area contributed by atoms with Crippen molar-refractivity contribution in [3.63, 3.8) is 0 Å². The van der Waals surface area contributed by atoms with Gasteiger partial charge in [0, 0.05) is 10.9 Å². The van der Waals surface area contributed by atoms with E-state index in [1.807, 2.05) is 83.6 Å². The van der Waals surface area contributed by atoms with Gasteiger partial charge in [0.15, 0.2) is 6.04 Å². The Kier molecular flexibility index (Phi) is 5.02. The Morgan fingerprint density at radius 1 is 0.816 bits per heavy atom. The van der Waals surface area contributed by atoms with Crippen molar-refractivity contribution in [1.82, 2.24) is 4.98 Å². The number of halogens is 1. The lowest BCUT2D eigenvalue weighted by Crippen LogP contribution is -2.20. The fourth-order valence-electron chi connectivity index (χ4n) is 5.41. The van der Waals surface area contributed by atoms with Gasteiger partial charge >= 0.3 is 0 Å². The Labute approximate surface area is 219 Å². The average molecular weight is 495 g/mol. The quantitative estimate of drug-likeness (QED) is 0.183. The molecule has 182 valence electrons. The van der Waals surface area contributed by atoms with Gasteiger partial charge in [-0.15, -0.1) is 0 Å². The maximum absolute atomic E-state index is 14.6. The van der Waals surface area contributed by atoms with Crippen LogP contribution in [0.3, 0.4) is 0 Å². The predicted molar refractivity (Wildman–Crippen MR) is 151 cm³/mol. The molecule has 0 saturated carbocycles. The molecule has 0 radical (unpaired) electrons. The molecule has 1 aliphatic rings. The van der Waals surface area contributed by atoms with Crippen molar-refractivity contribution in [2.24, 2.45) is 0 Å². The van der Waals surface area contributed by atoms with Crippen LogP contribution in [0.15, 0.2) is 108 Å². The summed E-state index contributed by atoms with van der Waals surface area (Å²) in [7, 11) is 0. The van der Waals surface area contributed by atoms with E-state index in [0.717, 1.165) is 61.5 Å². The molecule has 0 unspecified atom stereocenters. The maximum Gasteiger partial charge on any atom is 0.226 e. The third-order valence-electron chi connectivity index (χ3n) is 7.29. The summed E-state index contributed by atoms with van der Waals surface area (Å²) in [5.74, 6) is 0.358. The third kappa shape index (κ3) is 3.38. The van der Waals surface area contributed by atoms with Crippen molar-refractivity contribution >= 4 is 34.7 Å². The van der Waals surface area contributed by atoms with E-state index in [9.17, 15) is 4.39 Å². The highest BCUT2D eigenvalue weighted by molar-refractivity contribution is 5.97. The fourth-order valence-corrected chi connectivity index (χ4v) is 5.41. The number of hydrogen-bond acceptors (Lipinski definition) is 2. The molecule has 0 atom stereocenters. The highest BCUT2D eigenvalue weighted by Crippen LogP contribution is 2.42. The first-order chi connectivity index (χ1) is 18.6. The van der Waals surface area contributed by atoms with Gasteiger partial charge in [-0.05, 0) is 63.0 Å². The number of aryl methyl sites for hydroxylation is 1. The molecule has 0 saturated heterocycles. The molecule has 4 heteroatoms. The van der Waals surface area contributed by atoms with E-state index >= 15 is 0 Å². The molecule has 3 nitrogen and oxygen atoms in total. The lowest BCUT2D eigenvalue weighted by Gasteiger charge is -2.27. The Balaban J connectivity index is 1.51. The Hall–Kier alpha value is -4.96. The minimum Gasteiger partial charge on any atom is -0.442 e. The summed E-state index contributed by atoms with van der Waals surface area (Å²) in [4.78, 5) is 4.96. The molecule has 1 aliphatic heterocycles. The molecular weight excluding hydrogens is 471 g/mol. The monoisotopic (exact) mass is 494 g/mol. The van der Waals surface area contributed by atoms with E-state index in [1.165, 1.54) is 6.07 Å². The molecule has 38 heavy (non-hydrogen) atoms. The second-order valence-electron chi connectivity index (χ2n) is 9.52. The number of hydrogen-bond donors (Lipinski definition) is 0. The molecule has 0 N–H and O–H groups in total. The zero-order valence-electron chi connectivity index (χ0n) is 20.8.